The normalized spacial score (nSPS) is 27.1. The Labute approximate surface area is 138 Å². The molecule has 1 amide bonds. The summed E-state index contributed by atoms with van der Waals surface area (Å²) in [5.41, 5.74) is 0. The number of aromatic nitrogens is 4. The summed E-state index contributed by atoms with van der Waals surface area (Å²) < 4.78 is 1.81. The Morgan fingerprint density at radius 3 is 2.35 bits per heavy atom. The first-order valence-corrected chi connectivity index (χ1v) is 9.32. The third-order valence-corrected chi connectivity index (χ3v) is 5.51. The van der Waals surface area contributed by atoms with Crippen LogP contribution in [0.4, 0.5) is 0 Å². The van der Waals surface area contributed by atoms with Gasteiger partial charge in [-0.1, -0.05) is 32.1 Å². The average molecular weight is 319 g/mol. The first-order valence-electron chi connectivity index (χ1n) is 9.32. The molecule has 0 spiro atoms. The van der Waals surface area contributed by atoms with Crippen molar-refractivity contribution in [2.24, 2.45) is 11.8 Å². The van der Waals surface area contributed by atoms with Gasteiger partial charge in [-0.15, -0.1) is 5.10 Å². The topological polar surface area (TPSA) is 72.7 Å². The summed E-state index contributed by atoms with van der Waals surface area (Å²) in [5.74, 6) is 1.12. The minimum Gasteiger partial charge on any atom is -0.353 e. The third kappa shape index (κ3) is 5.01. The summed E-state index contributed by atoms with van der Waals surface area (Å²) >= 11 is 0. The number of carbonyl (C=O) groups is 1. The highest BCUT2D eigenvalue weighted by Crippen LogP contribution is 2.30. The number of hydrogen-bond acceptors (Lipinski definition) is 4. The van der Waals surface area contributed by atoms with Gasteiger partial charge in [-0.2, -0.15) is 0 Å². The minimum atomic E-state index is 0.213. The van der Waals surface area contributed by atoms with Crippen molar-refractivity contribution in [2.45, 2.75) is 83.2 Å². The summed E-state index contributed by atoms with van der Waals surface area (Å²) in [7, 11) is 0. The number of hydrogen-bond donors (Lipinski definition) is 1. The van der Waals surface area contributed by atoms with Gasteiger partial charge in [-0.25, -0.2) is 4.68 Å². The van der Waals surface area contributed by atoms with E-state index in [0.29, 0.717) is 17.9 Å². The lowest BCUT2D eigenvalue weighted by Crippen LogP contribution is -2.40. The molecule has 0 bridgehead atoms. The molecule has 1 aromatic heterocycles. The van der Waals surface area contributed by atoms with Crippen LogP contribution in [0.1, 0.15) is 70.6 Å². The van der Waals surface area contributed by atoms with Crippen LogP contribution in [-0.2, 0) is 11.3 Å². The summed E-state index contributed by atoms with van der Waals surface area (Å²) in [4.78, 5) is 12.5. The number of carbonyl (C=O) groups excluding carboxylic acids is 1. The molecule has 1 heterocycles. The Morgan fingerprint density at radius 2 is 1.70 bits per heavy atom. The smallest absolute Gasteiger partial charge is 0.223 e. The lowest BCUT2D eigenvalue weighted by molar-refractivity contribution is -0.127. The van der Waals surface area contributed by atoms with E-state index in [9.17, 15) is 4.79 Å². The van der Waals surface area contributed by atoms with Crippen LogP contribution in [0.2, 0.25) is 0 Å². The van der Waals surface area contributed by atoms with E-state index in [0.717, 1.165) is 32.2 Å². The fraction of sp³-hybridized carbons (Fsp3) is 0.882. The first-order chi connectivity index (χ1) is 11.3. The first kappa shape index (κ1) is 16.4. The molecule has 6 nitrogen and oxygen atoms in total. The molecule has 0 aliphatic heterocycles. The van der Waals surface area contributed by atoms with Gasteiger partial charge in [0.05, 0.1) is 0 Å². The second-order valence-corrected chi connectivity index (χ2v) is 7.30. The number of rotatable bonds is 4. The van der Waals surface area contributed by atoms with Crippen LogP contribution in [0, 0.1) is 11.8 Å². The maximum Gasteiger partial charge on any atom is 0.223 e. The number of amides is 1. The molecule has 0 radical (unpaired) electrons. The van der Waals surface area contributed by atoms with E-state index < -0.39 is 0 Å². The van der Waals surface area contributed by atoms with Gasteiger partial charge in [-0.3, -0.25) is 4.79 Å². The largest absolute Gasteiger partial charge is 0.353 e. The van der Waals surface area contributed by atoms with E-state index in [-0.39, 0.29) is 5.92 Å². The second-order valence-electron chi connectivity index (χ2n) is 7.30. The highest BCUT2D eigenvalue weighted by Gasteiger charge is 2.28. The van der Waals surface area contributed by atoms with E-state index in [1.54, 1.807) is 11.0 Å². The van der Waals surface area contributed by atoms with Crippen molar-refractivity contribution >= 4 is 5.91 Å². The SMILES string of the molecule is O=C(NC1CCCCCCC1)C1CCC(Cn2cnnn2)CC1. The molecular formula is C17H29N5O. The quantitative estimate of drug-likeness (QED) is 0.926. The van der Waals surface area contributed by atoms with E-state index in [1.165, 1.54) is 44.9 Å². The molecular weight excluding hydrogens is 290 g/mol. The highest BCUT2D eigenvalue weighted by molar-refractivity contribution is 5.79. The van der Waals surface area contributed by atoms with Crippen molar-refractivity contribution in [2.75, 3.05) is 0 Å². The zero-order valence-corrected chi connectivity index (χ0v) is 14.0. The molecule has 6 heteroatoms. The van der Waals surface area contributed by atoms with Crippen molar-refractivity contribution < 1.29 is 4.79 Å². The zero-order chi connectivity index (χ0) is 15.9. The molecule has 2 saturated carbocycles. The fourth-order valence-electron chi connectivity index (χ4n) is 4.06. The van der Waals surface area contributed by atoms with Crippen molar-refractivity contribution in [3.05, 3.63) is 6.33 Å². The average Bonchev–Trinajstić information content (AvgIpc) is 3.03. The lowest BCUT2D eigenvalue weighted by Gasteiger charge is -2.29. The number of nitrogens with one attached hydrogen (secondary N) is 1. The van der Waals surface area contributed by atoms with E-state index >= 15 is 0 Å². The Hall–Kier alpha value is -1.46. The lowest BCUT2D eigenvalue weighted by atomic mass is 9.81. The summed E-state index contributed by atoms with van der Waals surface area (Å²) in [6, 6.07) is 0.418. The van der Waals surface area contributed by atoms with Crippen LogP contribution >= 0.6 is 0 Å². The van der Waals surface area contributed by atoms with E-state index in [1.807, 2.05) is 0 Å². The Balaban J connectivity index is 1.40. The molecule has 1 aromatic rings. The van der Waals surface area contributed by atoms with Gasteiger partial charge in [-0.05, 0) is 54.9 Å². The molecule has 0 saturated heterocycles. The summed E-state index contributed by atoms with van der Waals surface area (Å²) in [5, 5.41) is 14.6. The Bertz CT molecular complexity index is 459. The molecule has 0 atom stereocenters. The third-order valence-electron chi connectivity index (χ3n) is 5.51. The van der Waals surface area contributed by atoms with Crippen molar-refractivity contribution in [3.8, 4) is 0 Å². The van der Waals surface area contributed by atoms with Gasteiger partial charge >= 0.3 is 0 Å². The molecule has 2 aliphatic rings. The number of nitrogens with zero attached hydrogens (tertiary/aromatic N) is 4. The molecule has 3 rings (SSSR count). The molecule has 2 fully saturated rings. The molecule has 0 aromatic carbocycles. The van der Waals surface area contributed by atoms with Crippen LogP contribution in [0.5, 0.6) is 0 Å². The van der Waals surface area contributed by atoms with Crippen LogP contribution in [0.3, 0.4) is 0 Å². The van der Waals surface area contributed by atoms with Gasteiger partial charge in [0, 0.05) is 18.5 Å². The zero-order valence-electron chi connectivity index (χ0n) is 14.0. The Kier molecular flexibility index (Phi) is 6.00. The predicted octanol–water partition coefficient (Wildman–Crippen LogP) is 2.71. The second kappa shape index (κ2) is 8.41. The van der Waals surface area contributed by atoms with Gasteiger partial charge in [0.1, 0.15) is 6.33 Å². The summed E-state index contributed by atoms with van der Waals surface area (Å²) in [6.07, 6.45) is 14.8. The minimum absolute atomic E-state index is 0.213. The standard InChI is InChI=1S/C17H29N5O/c23-17(19-16-6-4-2-1-3-5-7-16)15-10-8-14(9-11-15)12-22-13-18-20-21-22/h13-16H,1-12H2,(H,19,23). The Morgan fingerprint density at radius 1 is 1.00 bits per heavy atom. The molecule has 1 N–H and O–H groups in total. The van der Waals surface area contributed by atoms with Crippen LogP contribution < -0.4 is 5.32 Å². The molecule has 2 aliphatic carbocycles. The fourth-order valence-corrected chi connectivity index (χ4v) is 4.06. The van der Waals surface area contributed by atoms with Crippen LogP contribution in [-0.4, -0.2) is 32.2 Å². The molecule has 23 heavy (non-hydrogen) atoms. The van der Waals surface area contributed by atoms with Crippen molar-refractivity contribution in [1.82, 2.24) is 25.5 Å². The monoisotopic (exact) mass is 319 g/mol. The molecule has 0 unspecified atom stereocenters. The molecule has 128 valence electrons. The summed E-state index contributed by atoms with van der Waals surface area (Å²) in [6.45, 7) is 0.879. The highest BCUT2D eigenvalue weighted by atomic mass is 16.1. The number of tetrazole rings is 1. The maximum atomic E-state index is 12.5. The predicted molar refractivity (Wildman–Crippen MR) is 87.5 cm³/mol. The van der Waals surface area contributed by atoms with E-state index in [4.69, 9.17) is 0 Å². The van der Waals surface area contributed by atoms with Crippen molar-refractivity contribution in [3.63, 3.8) is 0 Å². The van der Waals surface area contributed by atoms with Gasteiger partial charge in [0.2, 0.25) is 5.91 Å². The van der Waals surface area contributed by atoms with E-state index in [2.05, 4.69) is 20.8 Å². The van der Waals surface area contributed by atoms with Crippen molar-refractivity contribution in [1.29, 1.82) is 0 Å². The van der Waals surface area contributed by atoms with Crippen LogP contribution in [0.15, 0.2) is 6.33 Å². The van der Waals surface area contributed by atoms with Gasteiger partial charge in [0.25, 0.3) is 0 Å². The maximum absolute atomic E-state index is 12.5. The van der Waals surface area contributed by atoms with Gasteiger partial charge in [0.15, 0.2) is 0 Å². The van der Waals surface area contributed by atoms with Crippen LogP contribution in [0.25, 0.3) is 0 Å². The van der Waals surface area contributed by atoms with Gasteiger partial charge < -0.3 is 5.32 Å².